The minimum absolute atomic E-state index is 0.176. The highest BCUT2D eigenvalue weighted by Gasteiger charge is 2.25. The third-order valence-electron chi connectivity index (χ3n) is 4.26. The Balaban J connectivity index is 1.55. The number of hydrogen-bond acceptors (Lipinski definition) is 2. The maximum Gasteiger partial charge on any atom is 0.227 e. The van der Waals surface area contributed by atoms with Crippen LogP contribution in [0.1, 0.15) is 37.7 Å². The van der Waals surface area contributed by atoms with E-state index in [0.717, 1.165) is 37.1 Å². The maximum absolute atomic E-state index is 11.8. The number of nitrogens with zero attached hydrogens (tertiary/aromatic N) is 1. The van der Waals surface area contributed by atoms with E-state index in [0.29, 0.717) is 13.0 Å². The number of carbonyl (C=O) groups is 2. The average Bonchev–Trinajstić information content (AvgIpc) is 2.81. The first-order valence-corrected chi connectivity index (χ1v) is 7.41. The normalized spacial score (nSPS) is 19.0. The Labute approximate surface area is 119 Å². The van der Waals surface area contributed by atoms with Crippen LogP contribution in [0.5, 0.6) is 0 Å². The lowest BCUT2D eigenvalue weighted by Gasteiger charge is -2.24. The molecule has 0 unspecified atom stereocenters. The molecule has 0 radical (unpaired) electrons. The second kappa shape index (κ2) is 5.65. The van der Waals surface area contributed by atoms with E-state index < -0.39 is 0 Å². The molecular formula is C16H20N2O2. The van der Waals surface area contributed by atoms with Crippen molar-refractivity contribution < 1.29 is 9.59 Å². The minimum atomic E-state index is 0.176. The van der Waals surface area contributed by atoms with Crippen LogP contribution in [-0.4, -0.2) is 18.4 Å². The highest BCUT2D eigenvalue weighted by Crippen LogP contribution is 2.26. The van der Waals surface area contributed by atoms with Gasteiger partial charge in [0.25, 0.3) is 0 Å². The van der Waals surface area contributed by atoms with Crippen LogP contribution in [0.2, 0.25) is 0 Å². The molecule has 1 heterocycles. The van der Waals surface area contributed by atoms with Crippen molar-refractivity contribution in [3.05, 3.63) is 29.8 Å². The highest BCUT2D eigenvalue weighted by atomic mass is 16.2. The summed E-state index contributed by atoms with van der Waals surface area (Å²) in [4.78, 5) is 25.2. The van der Waals surface area contributed by atoms with Crippen LogP contribution < -0.4 is 10.2 Å². The number of rotatable bonds is 4. The second-order valence-electron chi connectivity index (χ2n) is 5.66. The van der Waals surface area contributed by atoms with Crippen LogP contribution in [0.3, 0.4) is 0 Å². The van der Waals surface area contributed by atoms with Crippen LogP contribution in [-0.2, 0) is 16.1 Å². The van der Waals surface area contributed by atoms with Gasteiger partial charge in [0.2, 0.25) is 11.8 Å². The molecule has 1 saturated heterocycles. The Hall–Kier alpha value is -1.84. The number of carbonyl (C=O) groups excluding carboxylic acids is 2. The Bertz CT molecular complexity index is 506. The van der Waals surface area contributed by atoms with E-state index in [9.17, 15) is 9.59 Å². The zero-order valence-corrected chi connectivity index (χ0v) is 11.6. The molecule has 0 aromatic heterocycles. The molecule has 1 saturated carbocycles. The van der Waals surface area contributed by atoms with Crippen molar-refractivity contribution in [2.24, 2.45) is 5.92 Å². The summed E-state index contributed by atoms with van der Waals surface area (Å²) in [6, 6.07) is 7.91. The van der Waals surface area contributed by atoms with Gasteiger partial charge >= 0.3 is 0 Å². The summed E-state index contributed by atoms with van der Waals surface area (Å²) in [6.07, 6.45) is 4.83. The van der Waals surface area contributed by atoms with E-state index in [1.807, 2.05) is 29.2 Å². The molecule has 20 heavy (non-hydrogen) atoms. The fraction of sp³-hybridized carbons (Fsp3) is 0.500. The molecule has 3 rings (SSSR count). The fourth-order valence-corrected chi connectivity index (χ4v) is 2.72. The summed E-state index contributed by atoms with van der Waals surface area (Å²) in [5, 5.41) is 2.98. The van der Waals surface area contributed by atoms with Gasteiger partial charge < -0.3 is 10.2 Å². The predicted molar refractivity (Wildman–Crippen MR) is 77.2 cm³/mol. The molecule has 1 N–H and O–H groups in total. The van der Waals surface area contributed by atoms with Gasteiger partial charge in [0.1, 0.15) is 0 Å². The number of amides is 2. The van der Waals surface area contributed by atoms with E-state index in [4.69, 9.17) is 0 Å². The third kappa shape index (κ3) is 2.69. The Morgan fingerprint density at radius 3 is 2.50 bits per heavy atom. The van der Waals surface area contributed by atoms with Gasteiger partial charge in [-0.1, -0.05) is 18.6 Å². The van der Waals surface area contributed by atoms with Gasteiger partial charge in [0.15, 0.2) is 0 Å². The Kier molecular flexibility index (Phi) is 3.72. The van der Waals surface area contributed by atoms with E-state index >= 15 is 0 Å². The molecule has 2 aliphatic rings. The molecule has 106 valence electrons. The van der Waals surface area contributed by atoms with Crippen LogP contribution in [0.4, 0.5) is 5.69 Å². The van der Waals surface area contributed by atoms with Crippen molar-refractivity contribution in [1.29, 1.82) is 0 Å². The van der Waals surface area contributed by atoms with E-state index in [-0.39, 0.29) is 17.7 Å². The van der Waals surface area contributed by atoms with Gasteiger partial charge in [0, 0.05) is 31.1 Å². The largest absolute Gasteiger partial charge is 0.352 e. The quantitative estimate of drug-likeness (QED) is 0.913. The monoisotopic (exact) mass is 272 g/mol. The molecule has 0 spiro atoms. The van der Waals surface area contributed by atoms with Crippen molar-refractivity contribution in [2.45, 2.75) is 38.6 Å². The molecule has 1 aromatic rings. The minimum Gasteiger partial charge on any atom is -0.352 e. The number of hydrogen-bond donors (Lipinski definition) is 1. The van der Waals surface area contributed by atoms with Gasteiger partial charge in [-0.25, -0.2) is 0 Å². The van der Waals surface area contributed by atoms with E-state index in [1.54, 1.807) is 0 Å². The molecule has 2 amide bonds. The molecule has 4 nitrogen and oxygen atoms in total. The van der Waals surface area contributed by atoms with Gasteiger partial charge in [0.05, 0.1) is 0 Å². The first-order chi connectivity index (χ1) is 9.74. The highest BCUT2D eigenvalue weighted by molar-refractivity contribution is 5.95. The van der Waals surface area contributed by atoms with Crippen molar-refractivity contribution >= 4 is 17.5 Å². The van der Waals surface area contributed by atoms with Crippen molar-refractivity contribution in [3.63, 3.8) is 0 Å². The van der Waals surface area contributed by atoms with Gasteiger partial charge in [-0.15, -0.1) is 0 Å². The number of anilines is 1. The third-order valence-corrected chi connectivity index (χ3v) is 4.26. The van der Waals surface area contributed by atoms with Crippen LogP contribution in [0.25, 0.3) is 0 Å². The van der Waals surface area contributed by atoms with Crippen molar-refractivity contribution in [1.82, 2.24) is 5.32 Å². The number of benzene rings is 1. The van der Waals surface area contributed by atoms with Crippen LogP contribution in [0.15, 0.2) is 24.3 Å². The van der Waals surface area contributed by atoms with Gasteiger partial charge in [-0.3, -0.25) is 9.59 Å². The van der Waals surface area contributed by atoms with E-state index in [1.165, 1.54) is 6.42 Å². The molecule has 0 atom stereocenters. The average molecular weight is 272 g/mol. The summed E-state index contributed by atoms with van der Waals surface area (Å²) >= 11 is 0. The molecular weight excluding hydrogens is 252 g/mol. The molecule has 4 heteroatoms. The van der Waals surface area contributed by atoms with Crippen LogP contribution in [0, 0.1) is 5.92 Å². The SMILES string of the molecule is O=C(NCc1ccc(N2CCCC2=O)cc1)C1CCC1. The number of nitrogens with one attached hydrogen (secondary N) is 1. The first kappa shape index (κ1) is 13.2. The summed E-state index contributed by atoms with van der Waals surface area (Å²) < 4.78 is 0. The zero-order valence-electron chi connectivity index (χ0n) is 11.6. The first-order valence-electron chi connectivity index (χ1n) is 7.41. The Morgan fingerprint density at radius 1 is 1.20 bits per heavy atom. The van der Waals surface area contributed by atoms with Crippen molar-refractivity contribution in [2.75, 3.05) is 11.4 Å². The summed E-state index contributed by atoms with van der Waals surface area (Å²) in [5.41, 5.74) is 2.04. The lowest BCUT2D eigenvalue weighted by Crippen LogP contribution is -2.33. The summed E-state index contributed by atoms with van der Waals surface area (Å²) in [6.45, 7) is 1.39. The Morgan fingerprint density at radius 2 is 1.95 bits per heavy atom. The molecule has 2 fully saturated rings. The molecule has 1 aliphatic heterocycles. The maximum atomic E-state index is 11.8. The molecule has 1 aliphatic carbocycles. The standard InChI is InChI=1S/C16H20N2O2/c19-15-5-2-10-18(15)14-8-6-12(7-9-14)11-17-16(20)13-3-1-4-13/h6-9,13H,1-5,10-11H2,(H,17,20). The van der Waals surface area contributed by atoms with Gasteiger partial charge in [-0.05, 0) is 37.0 Å². The topological polar surface area (TPSA) is 49.4 Å². The summed E-state index contributed by atoms with van der Waals surface area (Å²) in [5.74, 6) is 0.613. The zero-order chi connectivity index (χ0) is 13.9. The second-order valence-corrected chi connectivity index (χ2v) is 5.66. The van der Waals surface area contributed by atoms with Crippen molar-refractivity contribution in [3.8, 4) is 0 Å². The lowest BCUT2D eigenvalue weighted by atomic mass is 9.85. The fourth-order valence-electron chi connectivity index (χ4n) is 2.72. The predicted octanol–water partition coefficient (Wildman–Crippen LogP) is 2.23. The smallest absolute Gasteiger partial charge is 0.227 e. The molecule has 0 bridgehead atoms. The van der Waals surface area contributed by atoms with E-state index in [2.05, 4.69) is 5.32 Å². The summed E-state index contributed by atoms with van der Waals surface area (Å²) in [7, 11) is 0. The lowest BCUT2D eigenvalue weighted by molar-refractivity contribution is -0.127. The van der Waals surface area contributed by atoms with Crippen LogP contribution >= 0.6 is 0 Å². The van der Waals surface area contributed by atoms with Gasteiger partial charge in [-0.2, -0.15) is 0 Å². The molecule has 1 aromatic carbocycles.